The first kappa shape index (κ1) is 10.2. The van der Waals surface area contributed by atoms with Crippen LogP contribution in [0.25, 0.3) is 0 Å². The van der Waals surface area contributed by atoms with Crippen molar-refractivity contribution in [2.75, 3.05) is 20.1 Å². The standard InChI is InChI=1S/C10H16N4O/c1-14(7-9-3-2-4-11-9)10(15)8-5-12-13-6-8/h5-6,9,11H,2-4,7H2,1H3,(H,12,13). The van der Waals surface area contributed by atoms with E-state index in [-0.39, 0.29) is 5.91 Å². The van der Waals surface area contributed by atoms with Gasteiger partial charge < -0.3 is 10.2 Å². The van der Waals surface area contributed by atoms with Gasteiger partial charge in [0.05, 0.1) is 11.8 Å². The molecule has 1 saturated heterocycles. The summed E-state index contributed by atoms with van der Waals surface area (Å²) in [4.78, 5) is 13.6. The maximum Gasteiger partial charge on any atom is 0.256 e. The topological polar surface area (TPSA) is 61.0 Å². The van der Waals surface area contributed by atoms with E-state index >= 15 is 0 Å². The molecule has 1 fully saturated rings. The maximum absolute atomic E-state index is 11.8. The lowest BCUT2D eigenvalue weighted by atomic mass is 10.2. The zero-order valence-electron chi connectivity index (χ0n) is 8.86. The molecule has 2 heterocycles. The van der Waals surface area contributed by atoms with Gasteiger partial charge in [0, 0.05) is 25.8 Å². The number of H-pyrrole nitrogens is 1. The van der Waals surface area contributed by atoms with Crippen molar-refractivity contribution < 1.29 is 4.79 Å². The smallest absolute Gasteiger partial charge is 0.256 e. The lowest BCUT2D eigenvalue weighted by Crippen LogP contribution is -2.38. The van der Waals surface area contributed by atoms with Gasteiger partial charge in [0.15, 0.2) is 0 Å². The summed E-state index contributed by atoms with van der Waals surface area (Å²) in [5.41, 5.74) is 0.621. The second-order valence-electron chi connectivity index (χ2n) is 3.97. The van der Waals surface area contributed by atoms with Gasteiger partial charge in [-0.1, -0.05) is 0 Å². The molecule has 1 amide bonds. The molecule has 0 aliphatic carbocycles. The Morgan fingerprint density at radius 2 is 2.60 bits per heavy atom. The molecule has 1 aliphatic heterocycles. The first-order chi connectivity index (χ1) is 7.27. The minimum Gasteiger partial charge on any atom is -0.340 e. The Morgan fingerprint density at radius 3 is 3.20 bits per heavy atom. The predicted molar refractivity (Wildman–Crippen MR) is 56.6 cm³/mol. The summed E-state index contributed by atoms with van der Waals surface area (Å²) in [6, 6.07) is 0.450. The van der Waals surface area contributed by atoms with E-state index in [1.807, 2.05) is 7.05 Å². The van der Waals surface area contributed by atoms with Crippen LogP contribution in [0.4, 0.5) is 0 Å². The van der Waals surface area contributed by atoms with Gasteiger partial charge >= 0.3 is 0 Å². The van der Waals surface area contributed by atoms with Crippen molar-refractivity contribution in [1.29, 1.82) is 0 Å². The molecule has 5 heteroatoms. The summed E-state index contributed by atoms with van der Waals surface area (Å²) in [5.74, 6) is 0.0254. The molecule has 82 valence electrons. The van der Waals surface area contributed by atoms with Gasteiger partial charge in [0.1, 0.15) is 0 Å². The fourth-order valence-corrected chi connectivity index (χ4v) is 1.91. The molecule has 5 nitrogen and oxygen atoms in total. The van der Waals surface area contributed by atoms with Crippen molar-refractivity contribution in [3.05, 3.63) is 18.0 Å². The summed E-state index contributed by atoms with van der Waals surface area (Å²) in [6.45, 7) is 1.84. The molecule has 15 heavy (non-hydrogen) atoms. The van der Waals surface area contributed by atoms with Crippen LogP contribution in [-0.2, 0) is 0 Å². The third-order valence-electron chi connectivity index (χ3n) is 2.75. The third kappa shape index (κ3) is 2.36. The number of likely N-dealkylation sites (N-methyl/N-ethyl adjacent to an activating group) is 1. The van der Waals surface area contributed by atoms with Crippen LogP contribution in [0.2, 0.25) is 0 Å². The van der Waals surface area contributed by atoms with Crippen molar-refractivity contribution in [3.63, 3.8) is 0 Å². The van der Waals surface area contributed by atoms with E-state index in [1.54, 1.807) is 17.3 Å². The Bertz CT molecular complexity index is 316. The molecule has 2 rings (SSSR count). The Balaban J connectivity index is 1.90. The molecule has 0 aromatic carbocycles. The zero-order chi connectivity index (χ0) is 10.7. The number of hydrogen-bond acceptors (Lipinski definition) is 3. The van der Waals surface area contributed by atoms with E-state index in [0.29, 0.717) is 11.6 Å². The van der Waals surface area contributed by atoms with Gasteiger partial charge in [0.25, 0.3) is 5.91 Å². The number of hydrogen-bond donors (Lipinski definition) is 2. The molecule has 1 aromatic heterocycles. The van der Waals surface area contributed by atoms with Gasteiger partial charge in [-0.05, 0) is 19.4 Å². The molecule has 2 N–H and O–H groups in total. The van der Waals surface area contributed by atoms with E-state index in [1.165, 1.54) is 6.42 Å². The van der Waals surface area contributed by atoms with Crippen molar-refractivity contribution in [2.45, 2.75) is 18.9 Å². The molecule has 0 radical (unpaired) electrons. The normalized spacial score (nSPS) is 20.5. The number of aromatic nitrogens is 2. The van der Waals surface area contributed by atoms with Gasteiger partial charge in [-0.3, -0.25) is 9.89 Å². The first-order valence-electron chi connectivity index (χ1n) is 5.25. The summed E-state index contributed by atoms with van der Waals surface area (Å²) >= 11 is 0. The van der Waals surface area contributed by atoms with Gasteiger partial charge in [0.2, 0.25) is 0 Å². The van der Waals surface area contributed by atoms with Crippen LogP contribution in [0.15, 0.2) is 12.4 Å². The zero-order valence-corrected chi connectivity index (χ0v) is 8.86. The lowest BCUT2D eigenvalue weighted by molar-refractivity contribution is 0.0784. The minimum atomic E-state index is 0.0254. The minimum absolute atomic E-state index is 0.0254. The average Bonchev–Trinajstić information content (AvgIpc) is 2.88. The fraction of sp³-hybridized carbons (Fsp3) is 0.600. The number of carbonyl (C=O) groups excluding carboxylic acids is 1. The SMILES string of the molecule is CN(CC1CCCN1)C(=O)c1cn[nH]c1. The van der Waals surface area contributed by atoms with E-state index in [0.717, 1.165) is 19.5 Å². The number of amides is 1. The number of aromatic amines is 1. The highest BCUT2D eigenvalue weighted by Gasteiger charge is 2.19. The number of rotatable bonds is 3. The molecule has 1 unspecified atom stereocenters. The van der Waals surface area contributed by atoms with E-state index in [4.69, 9.17) is 0 Å². The van der Waals surface area contributed by atoms with Crippen molar-refractivity contribution in [1.82, 2.24) is 20.4 Å². The summed E-state index contributed by atoms with van der Waals surface area (Å²) in [6.07, 6.45) is 5.54. The Hall–Kier alpha value is -1.36. The molecule has 0 saturated carbocycles. The van der Waals surface area contributed by atoms with E-state index in [2.05, 4.69) is 15.5 Å². The van der Waals surface area contributed by atoms with Crippen LogP contribution in [0.3, 0.4) is 0 Å². The molecule has 1 aromatic rings. The van der Waals surface area contributed by atoms with E-state index in [9.17, 15) is 4.79 Å². The van der Waals surface area contributed by atoms with Crippen LogP contribution in [0, 0.1) is 0 Å². The largest absolute Gasteiger partial charge is 0.340 e. The highest BCUT2D eigenvalue weighted by molar-refractivity contribution is 5.93. The number of carbonyl (C=O) groups is 1. The Kier molecular flexibility index (Phi) is 3.01. The van der Waals surface area contributed by atoms with Crippen LogP contribution in [-0.4, -0.2) is 47.2 Å². The van der Waals surface area contributed by atoms with Gasteiger partial charge in [-0.2, -0.15) is 5.10 Å². The molecule has 1 atom stereocenters. The highest BCUT2D eigenvalue weighted by Crippen LogP contribution is 2.08. The maximum atomic E-state index is 11.8. The predicted octanol–water partition coefficient (Wildman–Crippen LogP) is 0.234. The fourth-order valence-electron chi connectivity index (χ4n) is 1.91. The van der Waals surface area contributed by atoms with Crippen molar-refractivity contribution in [3.8, 4) is 0 Å². The highest BCUT2D eigenvalue weighted by atomic mass is 16.2. The quantitative estimate of drug-likeness (QED) is 0.747. The van der Waals surface area contributed by atoms with Crippen LogP contribution in [0.1, 0.15) is 23.2 Å². The van der Waals surface area contributed by atoms with Gasteiger partial charge in [-0.25, -0.2) is 0 Å². The molecular formula is C10H16N4O. The Morgan fingerprint density at radius 1 is 1.73 bits per heavy atom. The third-order valence-corrected chi connectivity index (χ3v) is 2.75. The first-order valence-corrected chi connectivity index (χ1v) is 5.25. The average molecular weight is 208 g/mol. The van der Waals surface area contributed by atoms with Crippen molar-refractivity contribution in [2.24, 2.45) is 0 Å². The summed E-state index contributed by atoms with van der Waals surface area (Å²) < 4.78 is 0. The second-order valence-corrected chi connectivity index (χ2v) is 3.97. The second kappa shape index (κ2) is 4.44. The van der Waals surface area contributed by atoms with Crippen molar-refractivity contribution >= 4 is 5.91 Å². The molecular weight excluding hydrogens is 192 g/mol. The Labute approximate surface area is 88.8 Å². The van der Waals surface area contributed by atoms with E-state index < -0.39 is 0 Å². The lowest BCUT2D eigenvalue weighted by Gasteiger charge is -2.20. The van der Waals surface area contributed by atoms with Crippen LogP contribution >= 0.6 is 0 Å². The van der Waals surface area contributed by atoms with Gasteiger partial charge in [-0.15, -0.1) is 0 Å². The number of nitrogens with zero attached hydrogens (tertiary/aromatic N) is 2. The van der Waals surface area contributed by atoms with Crippen LogP contribution < -0.4 is 5.32 Å². The molecule has 0 spiro atoms. The number of nitrogens with one attached hydrogen (secondary N) is 2. The monoisotopic (exact) mass is 208 g/mol. The summed E-state index contributed by atoms with van der Waals surface area (Å²) in [7, 11) is 1.83. The summed E-state index contributed by atoms with van der Waals surface area (Å²) in [5, 5.41) is 9.79. The molecule has 0 bridgehead atoms. The molecule has 1 aliphatic rings. The van der Waals surface area contributed by atoms with Crippen LogP contribution in [0.5, 0.6) is 0 Å².